The van der Waals surface area contributed by atoms with Gasteiger partial charge in [-0.2, -0.15) is 0 Å². The lowest BCUT2D eigenvalue weighted by Crippen LogP contribution is -2.08. The predicted octanol–water partition coefficient (Wildman–Crippen LogP) is 5.89. The quantitative estimate of drug-likeness (QED) is 0.303. The lowest BCUT2D eigenvalue weighted by Gasteiger charge is -2.12. The Morgan fingerprint density at radius 3 is 1.75 bits per heavy atom. The summed E-state index contributed by atoms with van der Waals surface area (Å²) in [5.41, 5.74) is 0. The van der Waals surface area contributed by atoms with E-state index < -0.39 is 0 Å². The molecule has 0 unspecified atom stereocenters. The minimum Gasteiger partial charge on any atom is -0.210 e. The topological polar surface area (TPSA) is 0 Å². The van der Waals surface area contributed by atoms with E-state index in [9.17, 15) is 0 Å². The van der Waals surface area contributed by atoms with Crippen molar-refractivity contribution in [3.8, 4) is 0 Å². The first-order valence-electron chi connectivity index (χ1n) is 7.46. The lowest BCUT2D eigenvalue weighted by atomic mass is 9.66. The van der Waals surface area contributed by atoms with Crippen LogP contribution in [0.1, 0.15) is 72.1 Å². The Labute approximate surface area is 108 Å². The highest BCUT2D eigenvalue weighted by Crippen LogP contribution is 2.22. The van der Waals surface area contributed by atoms with E-state index in [2.05, 4.69) is 32.4 Å². The van der Waals surface area contributed by atoms with Gasteiger partial charge in [-0.05, 0) is 12.2 Å². The molecule has 0 radical (unpaired) electrons. The van der Waals surface area contributed by atoms with Gasteiger partial charge in [0.1, 0.15) is 0 Å². The molecule has 0 heterocycles. The highest BCUT2D eigenvalue weighted by Gasteiger charge is 2.12. The van der Waals surface area contributed by atoms with Gasteiger partial charge in [0, 0.05) is 0 Å². The molecular weight excluding hydrogens is 211 g/mol. The molecule has 0 aliphatic carbocycles. The number of hydrogen-bond acceptors (Lipinski definition) is 1. The van der Waals surface area contributed by atoms with Gasteiger partial charge in [-0.3, -0.25) is 0 Å². The van der Waals surface area contributed by atoms with E-state index in [-0.39, 0.29) is 0 Å². The predicted molar refractivity (Wildman–Crippen MR) is 81.8 cm³/mol. The van der Waals surface area contributed by atoms with Gasteiger partial charge < -0.3 is 0 Å². The Kier molecular flexibility index (Phi) is 13.8. The molecule has 0 aromatic carbocycles. The van der Waals surface area contributed by atoms with Crippen LogP contribution in [-0.4, -0.2) is 11.7 Å². The molecule has 0 bridgehead atoms. The molecule has 96 valence electrons. The molecule has 0 nitrogen and oxygen atoms in total. The normalized spacial score (nSPS) is 10.7. The summed E-state index contributed by atoms with van der Waals surface area (Å²) >= 11 is 2.25. The Hall–Kier alpha value is 0.415. The largest absolute Gasteiger partial charge is 0.210 e. The van der Waals surface area contributed by atoms with Crippen molar-refractivity contribution < 1.29 is 0 Å². The van der Waals surface area contributed by atoms with Crippen LogP contribution < -0.4 is 0 Å². The summed E-state index contributed by atoms with van der Waals surface area (Å²) in [5, 5.41) is 0. The van der Waals surface area contributed by atoms with Gasteiger partial charge >= 0.3 is 0 Å². The summed E-state index contributed by atoms with van der Waals surface area (Å²) in [5.74, 6) is 2.36. The molecule has 0 spiro atoms. The fourth-order valence-electron chi connectivity index (χ4n) is 1.95. The van der Waals surface area contributed by atoms with Gasteiger partial charge in [-0.1, -0.05) is 78.4 Å². The Balaban J connectivity index is 3.48. The smallest absolute Gasteiger partial charge is 0.209 e. The minimum absolute atomic E-state index is 0.960. The first kappa shape index (κ1) is 16.4. The summed E-state index contributed by atoms with van der Waals surface area (Å²) in [4.78, 5) is 0. The van der Waals surface area contributed by atoms with Crippen LogP contribution in [0, 0.1) is 0 Å². The third-order valence-electron chi connectivity index (χ3n) is 3.11. The molecule has 0 atom stereocenters. The van der Waals surface area contributed by atoms with Crippen molar-refractivity contribution in [3.05, 3.63) is 0 Å². The summed E-state index contributed by atoms with van der Waals surface area (Å²) < 4.78 is 0. The van der Waals surface area contributed by atoms with Crippen molar-refractivity contribution in [2.24, 2.45) is 0 Å². The third kappa shape index (κ3) is 10.9. The van der Waals surface area contributed by atoms with E-state index in [1.54, 1.807) is 0 Å². The van der Waals surface area contributed by atoms with Gasteiger partial charge in [0.2, 0.25) is 5.99 Å². The monoisotopic (exact) mass is 242 g/mol. The van der Waals surface area contributed by atoms with Crippen molar-refractivity contribution in [3.63, 3.8) is 0 Å². The van der Waals surface area contributed by atoms with Crippen molar-refractivity contribution in [2.75, 3.05) is 5.75 Å². The van der Waals surface area contributed by atoms with Crippen LogP contribution in [0.4, 0.5) is 0 Å². The molecule has 0 amide bonds. The summed E-state index contributed by atoms with van der Waals surface area (Å²) in [6.07, 6.45) is 14.1. The molecule has 0 aliphatic heterocycles. The van der Waals surface area contributed by atoms with Crippen LogP contribution in [-0.2, 0) is 0 Å². The summed E-state index contributed by atoms with van der Waals surface area (Å²) in [6, 6.07) is 0. The number of hydrogen-bond donors (Lipinski definition) is 0. The Bertz CT molecular complexity index is 120. The van der Waals surface area contributed by atoms with Gasteiger partial charge in [0.15, 0.2) is 0 Å². The van der Waals surface area contributed by atoms with Gasteiger partial charge in [-0.25, -0.2) is 11.6 Å². The second kappa shape index (κ2) is 13.5. The van der Waals surface area contributed by atoms with Crippen LogP contribution in [0.3, 0.4) is 0 Å². The van der Waals surface area contributed by atoms with Crippen LogP contribution in [0.15, 0.2) is 0 Å². The second-order valence-corrected chi connectivity index (χ2v) is 6.25. The van der Waals surface area contributed by atoms with E-state index in [4.69, 9.17) is 0 Å². The first-order valence-corrected chi connectivity index (χ1v) is 8.51. The molecule has 0 N–H and O–H groups in total. The maximum atomic E-state index is 2.31. The SMILES string of the molecule is CCCCCCSB(CCCC)CCCC. The third-order valence-corrected chi connectivity index (χ3v) is 4.58. The van der Waals surface area contributed by atoms with Crippen LogP contribution >= 0.6 is 11.6 Å². The first-order chi connectivity index (χ1) is 7.85. The zero-order chi connectivity index (χ0) is 12.1. The zero-order valence-electron chi connectivity index (χ0n) is 11.8. The van der Waals surface area contributed by atoms with E-state index in [0.717, 1.165) is 5.99 Å². The zero-order valence-corrected chi connectivity index (χ0v) is 12.6. The fraction of sp³-hybridized carbons (Fsp3) is 1.00. The molecule has 0 saturated carbocycles. The Morgan fingerprint density at radius 1 is 0.688 bits per heavy atom. The van der Waals surface area contributed by atoms with Crippen molar-refractivity contribution >= 4 is 17.6 Å². The molecule has 0 aliphatic rings. The van der Waals surface area contributed by atoms with Gasteiger partial charge in [0.25, 0.3) is 0 Å². The molecule has 2 heteroatoms. The van der Waals surface area contributed by atoms with Crippen molar-refractivity contribution in [1.29, 1.82) is 0 Å². The van der Waals surface area contributed by atoms with Crippen LogP contribution in [0.2, 0.25) is 12.6 Å². The van der Waals surface area contributed by atoms with E-state index in [1.807, 2.05) is 0 Å². The molecule has 0 fully saturated rings. The van der Waals surface area contributed by atoms with E-state index in [1.165, 1.54) is 69.8 Å². The summed E-state index contributed by atoms with van der Waals surface area (Å²) in [7, 11) is 0. The van der Waals surface area contributed by atoms with Gasteiger partial charge in [-0.15, -0.1) is 0 Å². The second-order valence-electron chi connectivity index (χ2n) is 4.84. The van der Waals surface area contributed by atoms with Crippen LogP contribution in [0.25, 0.3) is 0 Å². The van der Waals surface area contributed by atoms with Gasteiger partial charge in [0.05, 0.1) is 0 Å². The molecule has 0 rings (SSSR count). The lowest BCUT2D eigenvalue weighted by molar-refractivity contribution is 0.707. The highest BCUT2D eigenvalue weighted by atomic mass is 32.2. The average molecular weight is 242 g/mol. The summed E-state index contributed by atoms with van der Waals surface area (Å²) in [6.45, 7) is 6.91. The van der Waals surface area contributed by atoms with E-state index in [0.29, 0.717) is 0 Å². The molecule has 0 aromatic rings. The molecule has 0 saturated heterocycles. The molecule has 16 heavy (non-hydrogen) atoms. The van der Waals surface area contributed by atoms with E-state index >= 15 is 0 Å². The Morgan fingerprint density at radius 2 is 1.25 bits per heavy atom. The molecular formula is C14H31BS. The number of rotatable bonds is 12. The maximum Gasteiger partial charge on any atom is 0.209 e. The van der Waals surface area contributed by atoms with Crippen molar-refractivity contribution in [2.45, 2.75) is 84.8 Å². The average Bonchev–Trinajstić information content (AvgIpc) is 2.31. The highest BCUT2D eigenvalue weighted by molar-refractivity contribution is 8.25. The minimum atomic E-state index is 0.960. The number of unbranched alkanes of at least 4 members (excludes halogenated alkanes) is 5. The standard InChI is InChI=1S/C14H31BS/c1-4-7-10-11-14-16-15(12-8-5-2)13-9-6-3/h4-14H2,1-3H3. The van der Waals surface area contributed by atoms with Crippen molar-refractivity contribution in [1.82, 2.24) is 0 Å². The fourth-order valence-corrected chi connectivity index (χ4v) is 3.32. The van der Waals surface area contributed by atoms with Crippen LogP contribution in [0.5, 0.6) is 0 Å². The molecule has 0 aromatic heterocycles. The maximum absolute atomic E-state index is 2.31.